The minimum Gasteiger partial charge on any atom is -0.506 e. The molecule has 1 N–H and O–H groups in total. The van der Waals surface area contributed by atoms with Crippen molar-refractivity contribution in [3.05, 3.63) is 26.8 Å². The number of furan rings is 1. The molecule has 0 saturated carbocycles. The Labute approximate surface area is 114 Å². The quantitative estimate of drug-likeness (QED) is 0.823. The second kappa shape index (κ2) is 4.70. The Morgan fingerprint density at radius 2 is 2.18 bits per heavy atom. The van der Waals surface area contributed by atoms with Crippen LogP contribution in [0.3, 0.4) is 0 Å². The molecule has 1 heterocycles. The molecule has 17 heavy (non-hydrogen) atoms. The molecule has 0 spiro atoms. The second-order valence-corrected chi connectivity index (χ2v) is 4.91. The first-order valence-corrected chi connectivity index (χ1v) is 6.40. The monoisotopic (exact) mass is 362 g/mol. The van der Waals surface area contributed by atoms with Gasteiger partial charge < -0.3 is 14.3 Å². The third-order valence-corrected chi connectivity index (χ3v) is 3.57. The van der Waals surface area contributed by atoms with Crippen LogP contribution in [-0.2, 0) is 4.74 Å². The highest BCUT2D eigenvalue weighted by Gasteiger charge is 2.17. The molecule has 0 saturated heterocycles. The summed E-state index contributed by atoms with van der Waals surface area (Å²) < 4.78 is 11.1. The van der Waals surface area contributed by atoms with Crippen LogP contribution >= 0.6 is 31.9 Å². The van der Waals surface area contributed by atoms with Gasteiger partial charge in [-0.15, -0.1) is 0 Å². The van der Waals surface area contributed by atoms with E-state index in [1.807, 2.05) is 0 Å². The van der Waals surface area contributed by atoms with Gasteiger partial charge in [-0.3, -0.25) is 0 Å². The molecule has 0 aliphatic carbocycles. The molecule has 1 aromatic heterocycles. The Bertz CT molecular complexity index is 589. The molecule has 90 valence electrons. The Kier molecular flexibility index (Phi) is 3.44. The average Bonchev–Trinajstić information content (AvgIpc) is 2.70. The van der Waals surface area contributed by atoms with E-state index in [4.69, 9.17) is 9.15 Å². The number of fused-ring (bicyclic) bond motifs is 1. The third kappa shape index (κ3) is 2.19. The van der Waals surface area contributed by atoms with Crippen LogP contribution in [0.1, 0.15) is 17.5 Å². The van der Waals surface area contributed by atoms with Crippen molar-refractivity contribution in [3.8, 4) is 5.75 Å². The maximum absolute atomic E-state index is 11.5. The van der Waals surface area contributed by atoms with Crippen LogP contribution in [0.15, 0.2) is 25.5 Å². The highest BCUT2D eigenvalue weighted by atomic mass is 79.9. The van der Waals surface area contributed by atoms with Crippen molar-refractivity contribution in [3.63, 3.8) is 0 Å². The minimum absolute atomic E-state index is 0.0636. The summed E-state index contributed by atoms with van der Waals surface area (Å²) in [5.74, 6) is -0.347. The van der Waals surface area contributed by atoms with Crippen LogP contribution in [0.5, 0.6) is 5.75 Å². The molecule has 0 atom stereocenters. The molecule has 1 aromatic carbocycles. The van der Waals surface area contributed by atoms with Crippen molar-refractivity contribution < 1.29 is 19.1 Å². The summed E-state index contributed by atoms with van der Waals surface area (Å²) in [5, 5.41) is 10.3. The first kappa shape index (κ1) is 12.4. The van der Waals surface area contributed by atoms with Crippen LogP contribution in [0.2, 0.25) is 0 Å². The van der Waals surface area contributed by atoms with Gasteiger partial charge in [0.15, 0.2) is 0 Å². The van der Waals surface area contributed by atoms with Gasteiger partial charge in [0.25, 0.3) is 0 Å². The molecule has 4 nitrogen and oxygen atoms in total. The summed E-state index contributed by atoms with van der Waals surface area (Å²) in [4.78, 5) is 11.5. The molecular weight excluding hydrogens is 356 g/mol. The summed E-state index contributed by atoms with van der Waals surface area (Å²) in [6.45, 7) is 2.00. The van der Waals surface area contributed by atoms with E-state index in [-0.39, 0.29) is 18.1 Å². The van der Waals surface area contributed by atoms with Crippen LogP contribution in [0, 0.1) is 0 Å². The summed E-state index contributed by atoms with van der Waals surface area (Å²) in [6.07, 6.45) is 0. The van der Waals surface area contributed by atoms with E-state index in [1.165, 1.54) is 6.07 Å². The van der Waals surface area contributed by atoms with Gasteiger partial charge in [-0.2, -0.15) is 0 Å². The van der Waals surface area contributed by atoms with Crippen LogP contribution in [0.25, 0.3) is 11.0 Å². The van der Waals surface area contributed by atoms with Crippen LogP contribution in [0.4, 0.5) is 0 Å². The number of carbonyl (C=O) groups excluding carboxylic acids is 1. The lowest BCUT2D eigenvalue weighted by atomic mass is 10.2. The van der Waals surface area contributed by atoms with Crippen molar-refractivity contribution in [2.24, 2.45) is 0 Å². The van der Waals surface area contributed by atoms with Crippen molar-refractivity contribution in [1.29, 1.82) is 0 Å². The van der Waals surface area contributed by atoms with Gasteiger partial charge in [0, 0.05) is 11.5 Å². The molecule has 0 aliphatic rings. The van der Waals surface area contributed by atoms with E-state index < -0.39 is 5.97 Å². The van der Waals surface area contributed by atoms with E-state index in [9.17, 15) is 9.90 Å². The number of esters is 1. The number of rotatable bonds is 2. The van der Waals surface area contributed by atoms with E-state index in [2.05, 4.69) is 31.9 Å². The van der Waals surface area contributed by atoms with Gasteiger partial charge in [0.1, 0.15) is 11.3 Å². The van der Waals surface area contributed by atoms with Crippen molar-refractivity contribution in [2.75, 3.05) is 6.61 Å². The highest BCUT2D eigenvalue weighted by Crippen LogP contribution is 2.39. The number of aromatic hydroxyl groups is 1. The van der Waals surface area contributed by atoms with Crippen LogP contribution < -0.4 is 0 Å². The first-order valence-electron chi connectivity index (χ1n) is 4.82. The molecule has 6 heteroatoms. The van der Waals surface area contributed by atoms with Gasteiger partial charge in [-0.05, 0) is 44.8 Å². The number of phenolic OH excluding ortho intramolecular Hbond substituents is 1. The van der Waals surface area contributed by atoms with Crippen LogP contribution in [-0.4, -0.2) is 17.7 Å². The fourth-order valence-electron chi connectivity index (χ4n) is 1.40. The molecular formula is C11H8Br2O4. The summed E-state index contributed by atoms with van der Waals surface area (Å²) in [7, 11) is 0. The minimum atomic E-state index is -0.522. The van der Waals surface area contributed by atoms with E-state index in [0.29, 0.717) is 19.9 Å². The Morgan fingerprint density at radius 1 is 1.47 bits per heavy atom. The van der Waals surface area contributed by atoms with Gasteiger partial charge in [0.05, 0.1) is 15.6 Å². The Hall–Kier alpha value is -1.01. The van der Waals surface area contributed by atoms with Crippen molar-refractivity contribution in [2.45, 2.75) is 6.92 Å². The second-order valence-electron chi connectivity index (χ2n) is 3.26. The lowest BCUT2D eigenvalue weighted by molar-refractivity contribution is 0.0492. The zero-order chi connectivity index (χ0) is 12.6. The van der Waals surface area contributed by atoms with Gasteiger partial charge in [0.2, 0.25) is 5.76 Å². The van der Waals surface area contributed by atoms with Gasteiger partial charge in [-0.25, -0.2) is 4.79 Å². The zero-order valence-electron chi connectivity index (χ0n) is 8.79. The number of benzene rings is 1. The SMILES string of the molecule is CCOC(=O)c1cc2c(Br)c(O)c(Br)cc2o1. The summed E-state index contributed by atoms with van der Waals surface area (Å²) >= 11 is 6.43. The molecule has 2 rings (SSSR count). The Morgan fingerprint density at radius 3 is 2.82 bits per heavy atom. The molecule has 2 aromatic rings. The number of hydrogen-bond donors (Lipinski definition) is 1. The average molecular weight is 364 g/mol. The van der Waals surface area contributed by atoms with Gasteiger partial charge >= 0.3 is 5.97 Å². The predicted octanol–water partition coefficient (Wildman–Crippen LogP) is 3.84. The molecule has 0 radical (unpaired) electrons. The lowest BCUT2D eigenvalue weighted by Crippen LogP contribution is -2.02. The fraction of sp³-hybridized carbons (Fsp3) is 0.182. The Balaban J connectivity index is 2.58. The summed E-state index contributed by atoms with van der Waals surface area (Å²) in [5.41, 5.74) is 0.490. The lowest BCUT2D eigenvalue weighted by Gasteiger charge is -1.99. The van der Waals surface area contributed by atoms with Crippen molar-refractivity contribution in [1.82, 2.24) is 0 Å². The largest absolute Gasteiger partial charge is 0.506 e. The smallest absolute Gasteiger partial charge is 0.374 e. The number of ether oxygens (including phenoxy) is 1. The van der Waals surface area contributed by atoms with E-state index >= 15 is 0 Å². The number of carbonyl (C=O) groups is 1. The third-order valence-electron chi connectivity index (χ3n) is 2.17. The number of halogens is 2. The van der Waals surface area contributed by atoms with E-state index in [0.717, 1.165) is 0 Å². The molecule has 0 aliphatic heterocycles. The predicted molar refractivity (Wildman–Crippen MR) is 69.2 cm³/mol. The topological polar surface area (TPSA) is 59.7 Å². The highest BCUT2D eigenvalue weighted by molar-refractivity contribution is 9.11. The maximum Gasteiger partial charge on any atom is 0.374 e. The zero-order valence-corrected chi connectivity index (χ0v) is 12.0. The van der Waals surface area contributed by atoms with E-state index in [1.54, 1.807) is 13.0 Å². The van der Waals surface area contributed by atoms with Gasteiger partial charge in [-0.1, -0.05) is 0 Å². The summed E-state index contributed by atoms with van der Waals surface area (Å²) in [6, 6.07) is 3.13. The van der Waals surface area contributed by atoms with Crippen molar-refractivity contribution >= 4 is 48.8 Å². The maximum atomic E-state index is 11.5. The normalized spacial score (nSPS) is 10.8. The molecule has 0 amide bonds. The number of phenols is 1. The fourth-order valence-corrected chi connectivity index (χ4v) is 2.60. The number of hydrogen-bond acceptors (Lipinski definition) is 4. The first-order chi connectivity index (χ1) is 8.04. The molecule has 0 bridgehead atoms. The standard InChI is InChI=1S/C11H8Br2O4/c1-2-16-11(15)8-3-5-7(17-8)4-6(12)10(14)9(5)13/h3-4,14H,2H2,1H3. The molecule has 0 fully saturated rings. The molecule has 0 unspecified atom stereocenters.